The van der Waals surface area contributed by atoms with Gasteiger partial charge in [-0.1, -0.05) is 13.0 Å². The number of pyridine rings is 1. The Labute approximate surface area is 103 Å². The quantitative estimate of drug-likeness (QED) is 0.826. The zero-order chi connectivity index (χ0) is 12.9. The summed E-state index contributed by atoms with van der Waals surface area (Å²) < 4.78 is 23.2. The molecule has 0 saturated carbocycles. The Balaban J connectivity index is 2.80. The predicted octanol–water partition coefficient (Wildman–Crippen LogP) is 1.04. The third-order valence-electron chi connectivity index (χ3n) is 2.86. The largest absolute Gasteiger partial charge is 0.313 e. The second kappa shape index (κ2) is 6.12. The van der Waals surface area contributed by atoms with Gasteiger partial charge in [-0.2, -0.15) is 0 Å². The summed E-state index contributed by atoms with van der Waals surface area (Å²) in [5.74, 6) is 0. The lowest BCUT2D eigenvalue weighted by Crippen LogP contribution is -2.43. The van der Waals surface area contributed by atoms with E-state index >= 15 is 0 Å². The Hall–Kier alpha value is -0.940. The van der Waals surface area contributed by atoms with Gasteiger partial charge >= 0.3 is 0 Å². The van der Waals surface area contributed by atoms with E-state index in [9.17, 15) is 8.42 Å². The van der Waals surface area contributed by atoms with Crippen LogP contribution in [0.4, 0.5) is 0 Å². The summed E-state index contributed by atoms with van der Waals surface area (Å²) in [5, 5.41) is 2.81. The summed E-state index contributed by atoms with van der Waals surface area (Å²) in [6, 6.07) is 5.59. The molecule has 1 aromatic rings. The van der Waals surface area contributed by atoms with Gasteiger partial charge in [-0.3, -0.25) is 4.98 Å². The zero-order valence-electron chi connectivity index (χ0n) is 10.6. The van der Waals surface area contributed by atoms with Crippen molar-refractivity contribution in [1.29, 1.82) is 0 Å². The van der Waals surface area contributed by atoms with E-state index in [1.54, 1.807) is 13.1 Å². The van der Waals surface area contributed by atoms with Gasteiger partial charge in [-0.15, -0.1) is 0 Å². The second-order valence-corrected chi connectivity index (χ2v) is 6.63. The lowest BCUT2D eigenvalue weighted by molar-refractivity contribution is 0.490. The highest BCUT2D eigenvalue weighted by atomic mass is 32.2. The maximum absolute atomic E-state index is 11.6. The van der Waals surface area contributed by atoms with Gasteiger partial charge in [0.05, 0.1) is 5.25 Å². The first-order chi connectivity index (χ1) is 7.95. The van der Waals surface area contributed by atoms with Crippen LogP contribution in [0.25, 0.3) is 0 Å². The van der Waals surface area contributed by atoms with E-state index < -0.39 is 15.1 Å². The number of nitrogens with zero attached hydrogens (tertiary/aromatic N) is 1. The number of sulfone groups is 1. The van der Waals surface area contributed by atoms with Crippen molar-refractivity contribution in [2.45, 2.75) is 31.6 Å². The lowest BCUT2D eigenvalue weighted by atomic mass is 10.1. The summed E-state index contributed by atoms with van der Waals surface area (Å²) >= 11 is 0. The van der Waals surface area contributed by atoms with Crippen molar-refractivity contribution < 1.29 is 8.42 Å². The molecule has 96 valence electrons. The van der Waals surface area contributed by atoms with Crippen LogP contribution in [0.3, 0.4) is 0 Å². The van der Waals surface area contributed by atoms with E-state index in [2.05, 4.69) is 10.3 Å². The molecule has 0 radical (unpaired) electrons. The molecule has 0 bridgehead atoms. The molecule has 0 aliphatic rings. The second-order valence-electron chi connectivity index (χ2n) is 4.22. The number of hydrogen-bond donors (Lipinski definition) is 1. The molecule has 4 nitrogen and oxygen atoms in total. The van der Waals surface area contributed by atoms with Crippen LogP contribution >= 0.6 is 0 Å². The summed E-state index contributed by atoms with van der Waals surface area (Å²) in [6.07, 6.45) is 3.63. The summed E-state index contributed by atoms with van der Waals surface area (Å²) in [4.78, 5) is 4.23. The normalized spacial score (nSPS) is 15.5. The monoisotopic (exact) mass is 256 g/mol. The average Bonchev–Trinajstić information content (AvgIpc) is 2.28. The number of nitrogens with one attached hydrogen (secondary N) is 1. The zero-order valence-corrected chi connectivity index (χ0v) is 11.4. The van der Waals surface area contributed by atoms with Gasteiger partial charge in [-0.05, 0) is 25.6 Å². The third-order valence-corrected chi connectivity index (χ3v) is 4.54. The summed E-state index contributed by atoms with van der Waals surface area (Å²) in [5.41, 5.74) is 0.911. The Bertz CT molecular complexity index is 431. The van der Waals surface area contributed by atoms with Crippen molar-refractivity contribution >= 4 is 9.84 Å². The highest BCUT2D eigenvalue weighted by Gasteiger charge is 2.25. The molecular weight excluding hydrogens is 236 g/mol. The minimum atomic E-state index is -3.03. The number of likely N-dealkylation sites (N-methyl/N-ethyl adjacent to an activating group) is 1. The van der Waals surface area contributed by atoms with E-state index in [-0.39, 0.29) is 6.04 Å². The lowest BCUT2D eigenvalue weighted by Gasteiger charge is -2.23. The molecule has 1 heterocycles. The van der Waals surface area contributed by atoms with Gasteiger partial charge in [0.15, 0.2) is 9.84 Å². The molecule has 1 N–H and O–H groups in total. The van der Waals surface area contributed by atoms with Crippen molar-refractivity contribution in [1.82, 2.24) is 10.3 Å². The maximum Gasteiger partial charge on any atom is 0.151 e. The summed E-state index contributed by atoms with van der Waals surface area (Å²) in [6.45, 7) is 4.46. The Morgan fingerprint density at radius 1 is 1.41 bits per heavy atom. The molecule has 2 unspecified atom stereocenters. The van der Waals surface area contributed by atoms with E-state index in [1.807, 2.05) is 25.1 Å². The molecule has 0 amide bonds. The van der Waals surface area contributed by atoms with Crippen LogP contribution in [0.1, 0.15) is 19.5 Å². The molecule has 0 aromatic carbocycles. The summed E-state index contributed by atoms with van der Waals surface area (Å²) in [7, 11) is -3.03. The highest BCUT2D eigenvalue weighted by Crippen LogP contribution is 2.09. The van der Waals surface area contributed by atoms with Crippen LogP contribution in [-0.4, -0.2) is 37.5 Å². The van der Waals surface area contributed by atoms with E-state index in [1.165, 1.54) is 6.26 Å². The van der Waals surface area contributed by atoms with Crippen molar-refractivity contribution in [3.8, 4) is 0 Å². The molecule has 5 heteroatoms. The van der Waals surface area contributed by atoms with Crippen molar-refractivity contribution in [2.24, 2.45) is 0 Å². The first kappa shape index (κ1) is 14.1. The maximum atomic E-state index is 11.6. The van der Waals surface area contributed by atoms with E-state index in [0.29, 0.717) is 6.42 Å². The molecule has 2 atom stereocenters. The van der Waals surface area contributed by atoms with Gasteiger partial charge in [0, 0.05) is 30.6 Å². The highest BCUT2D eigenvalue weighted by molar-refractivity contribution is 7.91. The molecule has 0 spiro atoms. The minimum Gasteiger partial charge on any atom is -0.313 e. The topological polar surface area (TPSA) is 59.1 Å². The fourth-order valence-electron chi connectivity index (χ4n) is 1.71. The van der Waals surface area contributed by atoms with E-state index in [4.69, 9.17) is 0 Å². The molecule has 0 aliphatic carbocycles. The molecule has 1 rings (SSSR count). The van der Waals surface area contributed by atoms with Crippen LogP contribution in [0.2, 0.25) is 0 Å². The van der Waals surface area contributed by atoms with Gasteiger partial charge in [0.2, 0.25) is 0 Å². The molecule has 0 saturated heterocycles. The average molecular weight is 256 g/mol. The van der Waals surface area contributed by atoms with Crippen LogP contribution in [0.15, 0.2) is 24.4 Å². The van der Waals surface area contributed by atoms with Crippen LogP contribution in [-0.2, 0) is 16.3 Å². The standard InChI is InChI=1S/C12H20N2O2S/c1-4-13-12(10(2)17(3,15)16)9-11-7-5-6-8-14-11/h5-8,10,12-13H,4,9H2,1-3H3. The molecule has 17 heavy (non-hydrogen) atoms. The Morgan fingerprint density at radius 2 is 2.12 bits per heavy atom. The number of hydrogen-bond acceptors (Lipinski definition) is 4. The molecular formula is C12H20N2O2S. The Morgan fingerprint density at radius 3 is 2.59 bits per heavy atom. The van der Waals surface area contributed by atoms with Gasteiger partial charge in [0.25, 0.3) is 0 Å². The van der Waals surface area contributed by atoms with Crippen LogP contribution in [0, 0.1) is 0 Å². The minimum absolute atomic E-state index is 0.0927. The van der Waals surface area contributed by atoms with Crippen molar-refractivity contribution in [3.05, 3.63) is 30.1 Å². The third kappa shape index (κ3) is 4.44. The SMILES string of the molecule is CCNC(Cc1ccccn1)C(C)S(C)(=O)=O. The van der Waals surface area contributed by atoms with Crippen molar-refractivity contribution in [2.75, 3.05) is 12.8 Å². The molecule has 0 aliphatic heterocycles. The van der Waals surface area contributed by atoms with Crippen molar-refractivity contribution in [3.63, 3.8) is 0 Å². The number of aromatic nitrogens is 1. The van der Waals surface area contributed by atoms with Crippen LogP contribution in [0.5, 0.6) is 0 Å². The molecule has 1 aromatic heterocycles. The van der Waals surface area contributed by atoms with Gasteiger partial charge in [0.1, 0.15) is 0 Å². The molecule has 0 fully saturated rings. The first-order valence-corrected chi connectivity index (χ1v) is 7.72. The first-order valence-electron chi connectivity index (χ1n) is 5.77. The Kier molecular flexibility index (Phi) is 5.08. The van der Waals surface area contributed by atoms with E-state index in [0.717, 1.165) is 12.2 Å². The fraction of sp³-hybridized carbons (Fsp3) is 0.583. The van der Waals surface area contributed by atoms with Gasteiger partial charge in [-0.25, -0.2) is 8.42 Å². The smallest absolute Gasteiger partial charge is 0.151 e. The number of rotatable bonds is 6. The van der Waals surface area contributed by atoms with Crippen LogP contribution < -0.4 is 5.32 Å². The fourth-order valence-corrected chi connectivity index (χ4v) is 2.50. The predicted molar refractivity (Wildman–Crippen MR) is 69.7 cm³/mol. The van der Waals surface area contributed by atoms with Gasteiger partial charge < -0.3 is 5.32 Å².